The Balaban J connectivity index is 3.11. The molecule has 0 unspecified atom stereocenters. The monoisotopic (exact) mass is 202 g/mol. The van der Waals surface area contributed by atoms with Gasteiger partial charge in [0.2, 0.25) is 0 Å². The number of nitrogens with zero attached hydrogens (tertiary/aromatic N) is 2. The van der Waals surface area contributed by atoms with E-state index in [9.17, 15) is 18.0 Å². The molecule has 0 atom stereocenters. The third kappa shape index (κ3) is 2.13. The predicted octanol–water partition coefficient (Wildman–Crippen LogP) is 1.73. The van der Waals surface area contributed by atoms with Crippen LogP contribution >= 0.6 is 0 Å². The molecule has 74 valence electrons. The highest BCUT2D eigenvalue weighted by Gasteiger charge is 2.29. The van der Waals surface area contributed by atoms with Gasteiger partial charge in [0.1, 0.15) is 18.3 Å². The van der Waals surface area contributed by atoms with E-state index in [1.807, 2.05) is 0 Å². The third-order valence-corrected chi connectivity index (χ3v) is 1.59. The number of aromatic nitrogens is 1. The molecule has 0 aliphatic carbocycles. The topological polar surface area (TPSA) is 45.8 Å². The van der Waals surface area contributed by atoms with Crippen molar-refractivity contribution >= 4 is 6.29 Å². The fourth-order valence-electron chi connectivity index (χ4n) is 1.04. The molecule has 0 N–H and O–H groups in total. The number of carbonyl (C=O) groups is 1. The second-order valence-corrected chi connectivity index (χ2v) is 2.57. The van der Waals surface area contributed by atoms with Crippen LogP contribution in [0.1, 0.15) is 16.2 Å². The van der Waals surface area contributed by atoms with Gasteiger partial charge in [-0.05, 0) is 12.1 Å². The van der Waals surface area contributed by atoms with Crippen LogP contribution in [0.15, 0.2) is 12.1 Å². The normalized spacial score (nSPS) is 11.0. The summed E-state index contributed by atoms with van der Waals surface area (Å²) in [6, 6.07) is 3.93. The molecule has 0 amide bonds. The minimum absolute atomic E-state index is 0.154. The molecule has 0 aliphatic heterocycles. The lowest BCUT2D eigenvalue weighted by atomic mass is 10.4. The highest BCUT2D eigenvalue weighted by Crippen LogP contribution is 2.20. The van der Waals surface area contributed by atoms with Gasteiger partial charge in [-0.1, -0.05) is 0 Å². The lowest BCUT2D eigenvalue weighted by Gasteiger charge is -2.09. The highest BCUT2D eigenvalue weighted by atomic mass is 19.4. The van der Waals surface area contributed by atoms with E-state index in [1.165, 1.54) is 12.1 Å². The van der Waals surface area contributed by atoms with Gasteiger partial charge in [-0.3, -0.25) is 4.79 Å². The zero-order valence-electron chi connectivity index (χ0n) is 6.88. The van der Waals surface area contributed by atoms with Crippen LogP contribution < -0.4 is 0 Å². The van der Waals surface area contributed by atoms with Crippen molar-refractivity contribution in [1.82, 2.24) is 4.57 Å². The molecule has 3 nitrogen and oxygen atoms in total. The minimum atomic E-state index is -4.44. The average Bonchev–Trinajstić information content (AvgIpc) is 2.44. The Labute approximate surface area is 77.4 Å². The summed E-state index contributed by atoms with van der Waals surface area (Å²) in [4.78, 5) is 10.3. The molecule has 1 heterocycles. The number of alkyl halides is 3. The molecular formula is C8H5F3N2O. The van der Waals surface area contributed by atoms with Crippen molar-refractivity contribution in [3.63, 3.8) is 0 Å². The number of halogens is 3. The van der Waals surface area contributed by atoms with Gasteiger partial charge in [-0.15, -0.1) is 0 Å². The van der Waals surface area contributed by atoms with Crippen LogP contribution in [0.2, 0.25) is 0 Å². The number of hydrogen-bond acceptors (Lipinski definition) is 2. The molecular weight excluding hydrogens is 197 g/mol. The zero-order chi connectivity index (χ0) is 10.8. The van der Waals surface area contributed by atoms with Gasteiger partial charge < -0.3 is 4.57 Å². The average molecular weight is 202 g/mol. The second kappa shape index (κ2) is 3.54. The Hall–Kier alpha value is -1.77. The maximum atomic E-state index is 12.0. The highest BCUT2D eigenvalue weighted by molar-refractivity contribution is 5.73. The fourth-order valence-corrected chi connectivity index (χ4v) is 1.04. The van der Waals surface area contributed by atoms with Gasteiger partial charge in [-0.25, -0.2) is 0 Å². The first-order valence-corrected chi connectivity index (χ1v) is 3.59. The van der Waals surface area contributed by atoms with Crippen LogP contribution in [0, 0.1) is 11.3 Å². The molecule has 0 aliphatic rings. The molecule has 0 saturated heterocycles. The number of aldehydes is 1. The number of hydrogen-bond donors (Lipinski definition) is 0. The minimum Gasteiger partial charge on any atom is -0.321 e. The van der Waals surface area contributed by atoms with Gasteiger partial charge in [-0.2, -0.15) is 18.4 Å². The van der Waals surface area contributed by atoms with Crippen molar-refractivity contribution in [2.45, 2.75) is 12.7 Å². The number of nitriles is 1. The molecule has 0 radical (unpaired) electrons. The summed E-state index contributed by atoms with van der Waals surface area (Å²) in [5.74, 6) is 0. The van der Waals surface area contributed by atoms with Crippen molar-refractivity contribution in [3.05, 3.63) is 23.5 Å². The summed E-state index contributed by atoms with van der Waals surface area (Å²) in [7, 11) is 0. The molecule has 14 heavy (non-hydrogen) atoms. The Bertz CT molecular complexity index is 386. The van der Waals surface area contributed by atoms with Gasteiger partial charge >= 0.3 is 6.18 Å². The Morgan fingerprint density at radius 3 is 2.57 bits per heavy atom. The van der Waals surface area contributed by atoms with Crippen LogP contribution in [0.5, 0.6) is 0 Å². The Morgan fingerprint density at radius 2 is 2.14 bits per heavy atom. The van der Waals surface area contributed by atoms with Gasteiger partial charge in [0, 0.05) is 0 Å². The fraction of sp³-hybridized carbons (Fsp3) is 0.250. The lowest BCUT2D eigenvalue weighted by Crippen LogP contribution is -2.20. The molecule has 1 aromatic heterocycles. The lowest BCUT2D eigenvalue weighted by molar-refractivity contribution is -0.140. The van der Waals surface area contributed by atoms with E-state index in [0.717, 1.165) is 0 Å². The Kier molecular flexibility index (Phi) is 2.60. The zero-order valence-corrected chi connectivity index (χ0v) is 6.88. The van der Waals surface area contributed by atoms with E-state index in [2.05, 4.69) is 0 Å². The SMILES string of the molecule is N#Cc1ccc(C=O)n1CC(F)(F)F. The van der Waals surface area contributed by atoms with Crippen molar-refractivity contribution in [2.75, 3.05) is 0 Å². The predicted molar refractivity (Wildman–Crippen MR) is 40.6 cm³/mol. The standard InChI is InChI=1S/C8H5F3N2O/c9-8(10,11)5-13-6(3-12)1-2-7(13)4-14/h1-2,4H,5H2. The van der Waals surface area contributed by atoms with Gasteiger partial charge in [0.05, 0.1) is 5.69 Å². The maximum Gasteiger partial charge on any atom is 0.406 e. The van der Waals surface area contributed by atoms with Crippen LogP contribution in [-0.2, 0) is 6.54 Å². The summed E-state index contributed by atoms with van der Waals surface area (Å²) in [6.07, 6.45) is -4.16. The first kappa shape index (κ1) is 10.3. The molecule has 0 saturated carbocycles. The number of rotatable bonds is 2. The van der Waals surface area contributed by atoms with Crippen molar-refractivity contribution < 1.29 is 18.0 Å². The molecule has 0 spiro atoms. The van der Waals surface area contributed by atoms with E-state index >= 15 is 0 Å². The summed E-state index contributed by atoms with van der Waals surface area (Å²) >= 11 is 0. The molecule has 0 bridgehead atoms. The molecule has 6 heteroatoms. The first-order valence-electron chi connectivity index (χ1n) is 3.59. The first-order chi connectivity index (χ1) is 6.48. The van der Waals surface area contributed by atoms with Crippen molar-refractivity contribution in [1.29, 1.82) is 5.26 Å². The molecule has 0 fully saturated rings. The molecule has 1 aromatic rings. The maximum absolute atomic E-state index is 12.0. The van der Waals surface area contributed by atoms with Gasteiger partial charge in [0.15, 0.2) is 6.29 Å². The summed E-state index contributed by atoms with van der Waals surface area (Å²) in [6.45, 7) is -1.32. The van der Waals surface area contributed by atoms with Crippen LogP contribution in [0.3, 0.4) is 0 Å². The van der Waals surface area contributed by atoms with E-state index in [1.54, 1.807) is 6.07 Å². The molecule has 0 aromatic carbocycles. The Morgan fingerprint density at radius 1 is 1.50 bits per heavy atom. The summed E-state index contributed by atoms with van der Waals surface area (Å²) in [5, 5.41) is 8.47. The van der Waals surface area contributed by atoms with E-state index < -0.39 is 12.7 Å². The van der Waals surface area contributed by atoms with Crippen LogP contribution in [0.4, 0.5) is 13.2 Å². The van der Waals surface area contributed by atoms with E-state index in [0.29, 0.717) is 4.57 Å². The van der Waals surface area contributed by atoms with E-state index in [-0.39, 0.29) is 17.7 Å². The number of carbonyl (C=O) groups excluding carboxylic acids is 1. The second-order valence-electron chi connectivity index (χ2n) is 2.57. The van der Waals surface area contributed by atoms with E-state index in [4.69, 9.17) is 5.26 Å². The van der Waals surface area contributed by atoms with Gasteiger partial charge in [0.25, 0.3) is 0 Å². The largest absolute Gasteiger partial charge is 0.406 e. The van der Waals surface area contributed by atoms with Crippen molar-refractivity contribution in [2.24, 2.45) is 0 Å². The van der Waals surface area contributed by atoms with Crippen molar-refractivity contribution in [3.8, 4) is 6.07 Å². The smallest absolute Gasteiger partial charge is 0.321 e. The third-order valence-electron chi connectivity index (χ3n) is 1.59. The summed E-state index contributed by atoms with van der Waals surface area (Å²) in [5.41, 5.74) is -0.330. The van der Waals surface area contributed by atoms with Crippen LogP contribution in [0.25, 0.3) is 0 Å². The van der Waals surface area contributed by atoms with Crippen LogP contribution in [-0.4, -0.2) is 17.0 Å². The summed E-state index contributed by atoms with van der Waals surface area (Å²) < 4.78 is 36.6. The quantitative estimate of drug-likeness (QED) is 0.685. The molecule has 1 rings (SSSR count).